The largest absolute Gasteiger partial charge is 0.370 e. The highest BCUT2D eigenvalue weighted by molar-refractivity contribution is 7.92. The average Bonchev–Trinajstić information content (AvgIpc) is 3.72. The Morgan fingerprint density at radius 3 is 2.60 bits per heavy atom. The third-order valence-corrected chi connectivity index (χ3v) is 8.59. The van der Waals surface area contributed by atoms with Crippen molar-refractivity contribution in [1.29, 1.82) is 0 Å². The van der Waals surface area contributed by atoms with Gasteiger partial charge in [0.25, 0.3) is 5.92 Å². The quantitative estimate of drug-likeness (QED) is 0.115. The summed E-state index contributed by atoms with van der Waals surface area (Å²) in [6, 6.07) is 18.3. The fourth-order valence-corrected chi connectivity index (χ4v) is 6.16. The molecule has 3 aromatic carbocycles. The molecule has 234 valence electrons. The molecular formula is C32H30F4N6O2S. The van der Waals surface area contributed by atoms with Crippen LogP contribution >= 0.6 is 12.3 Å². The number of imidazole rings is 1. The van der Waals surface area contributed by atoms with Crippen LogP contribution in [0.4, 0.5) is 28.4 Å². The Kier molecular flexibility index (Phi) is 8.56. The Morgan fingerprint density at radius 2 is 1.91 bits per heavy atom. The van der Waals surface area contributed by atoms with E-state index in [1.54, 1.807) is 54.0 Å². The van der Waals surface area contributed by atoms with E-state index in [-0.39, 0.29) is 43.2 Å². The van der Waals surface area contributed by atoms with Gasteiger partial charge in [0.15, 0.2) is 18.6 Å². The number of aromatic nitrogens is 4. The lowest BCUT2D eigenvalue weighted by Crippen LogP contribution is -2.28. The number of hydrogen-bond donors (Lipinski definition) is 0. The predicted molar refractivity (Wildman–Crippen MR) is 166 cm³/mol. The lowest BCUT2D eigenvalue weighted by Gasteiger charge is -2.32. The van der Waals surface area contributed by atoms with E-state index >= 15 is 4.39 Å². The molecule has 2 aromatic heterocycles. The monoisotopic (exact) mass is 638 g/mol. The molecule has 0 spiro atoms. The van der Waals surface area contributed by atoms with Crippen molar-refractivity contribution in [2.75, 3.05) is 29.9 Å². The second kappa shape index (κ2) is 12.6. The van der Waals surface area contributed by atoms with Gasteiger partial charge >= 0.3 is 0 Å². The van der Waals surface area contributed by atoms with Gasteiger partial charge in [-0.25, -0.2) is 22.1 Å². The van der Waals surface area contributed by atoms with Gasteiger partial charge in [-0.1, -0.05) is 36.4 Å². The van der Waals surface area contributed by atoms with Crippen LogP contribution in [0.2, 0.25) is 0 Å². The number of aldehydes is 1. The van der Waals surface area contributed by atoms with Gasteiger partial charge in [-0.3, -0.25) is 9.48 Å². The fraction of sp³-hybridized carbons (Fsp3) is 0.281. The molecule has 8 nitrogen and oxygen atoms in total. The number of carbonyl (C=O) groups excluding carboxylic acids is 1. The number of hydrogen-bond acceptors (Lipinski definition) is 7. The molecule has 45 heavy (non-hydrogen) atoms. The van der Waals surface area contributed by atoms with Crippen molar-refractivity contribution in [2.24, 2.45) is 7.05 Å². The maximum absolute atomic E-state index is 16.2. The van der Waals surface area contributed by atoms with Gasteiger partial charge in [0.2, 0.25) is 0 Å². The third-order valence-electron chi connectivity index (χ3n) is 8.15. The number of aryl methyl sites for hydroxylation is 1. The van der Waals surface area contributed by atoms with Crippen LogP contribution in [0.25, 0.3) is 11.0 Å². The van der Waals surface area contributed by atoms with Gasteiger partial charge in [0.1, 0.15) is 17.8 Å². The van der Waals surface area contributed by atoms with Crippen LogP contribution in [0.1, 0.15) is 45.3 Å². The molecule has 6 rings (SSSR count). The minimum Gasteiger partial charge on any atom is -0.370 e. The van der Waals surface area contributed by atoms with E-state index in [2.05, 4.69) is 10.1 Å². The molecule has 0 aliphatic carbocycles. The molecule has 0 N–H and O–H groups in total. The van der Waals surface area contributed by atoms with Crippen LogP contribution in [0, 0.1) is 5.82 Å². The molecule has 1 aliphatic rings. The molecule has 0 amide bonds. The second-order valence-corrected chi connectivity index (χ2v) is 11.6. The average molecular weight is 639 g/mol. The molecule has 1 aliphatic heterocycles. The van der Waals surface area contributed by atoms with E-state index in [1.165, 1.54) is 21.3 Å². The summed E-state index contributed by atoms with van der Waals surface area (Å²) < 4.78 is 66.4. The normalized spacial score (nSPS) is 15.1. The molecule has 13 heteroatoms. The van der Waals surface area contributed by atoms with Gasteiger partial charge in [0, 0.05) is 49.6 Å². The maximum Gasteiger partial charge on any atom is 0.266 e. The highest BCUT2D eigenvalue weighted by Gasteiger charge is 2.39. The van der Waals surface area contributed by atoms with E-state index < -0.39 is 24.3 Å². The summed E-state index contributed by atoms with van der Waals surface area (Å²) in [5.41, 5.74) is 4.30. The number of fused-ring (bicyclic) bond motifs is 1. The first-order valence-corrected chi connectivity index (χ1v) is 14.9. The first-order valence-electron chi connectivity index (χ1n) is 14.2. The number of rotatable bonds is 11. The Labute approximate surface area is 261 Å². The number of alkyl halides is 2. The zero-order valence-corrected chi connectivity index (χ0v) is 25.4. The Morgan fingerprint density at radius 1 is 1.11 bits per heavy atom. The summed E-state index contributed by atoms with van der Waals surface area (Å²) in [4.78, 5) is 19.9. The van der Waals surface area contributed by atoms with E-state index in [4.69, 9.17) is 4.74 Å². The highest BCUT2D eigenvalue weighted by atomic mass is 32.2. The van der Waals surface area contributed by atoms with Crippen LogP contribution in [0.3, 0.4) is 0 Å². The van der Waals surface area contributed by atoms with Gasteiger partial charge in [-0.2, -0.15) is 5.10 Å². The molecule has 3 heterocycles. The van der Waals surface area contributed by atoms with Crippen molar-refractivity contribution in [3.63, 3.8) is 0 Å². The van der Waals surface area contributed by atoms with Gasteiger partial charge in [0.05, 0.1) is 42.5 Å². The van der Waals surface area contributed by atoms with Crippen molar-refractivity contribution < 1.29 is 26.6 Å². The van der Waals surface area contributed by atoms with E-state index in [9.17, 15) is 17.5 Å². The highest BCUT2D eigenvalue weighted by Crippen LogP contribution is 2.39. The fourth-order valence-electron chi connectivity index (χ4n) is 5.84. The number of nitrogens with zero attached hydrogens (tertiary/aromatic N) is 6. The standard InChI is InChI=1S/C32H30F4N6O2S/c1-39(22-9-11-28-26(15-22)37-20-42(28)45-36)31(24-10-8-23(14-25(24)33)41-13-12-32(34,35)19-41)30-27(16-43)38-40(2)29(30)18-44-17-21-6-4-3-5-7-21/h3-11,14-16,20,31H,12-13,17-19H2,1-2H3. The second-order valence-electron chi connectivity index (χ2n) is 11.0. The van der Waals surface area contributed by atoms with Gasteiger partial charge < -0.3 is 14.5 Å². The van der Waals surface area contributed by atoms with Crippen LogP contribution < -0.4 is 9.80 Å². The van der Waals surface area contributed by atoms with Crippen molar-refractivity contribution in [2.45, 2.75) is 31.6 Å². The maximum atomic E-state index is 16.2. The van der Waals surface area contributed by atoms with Crippen LogP contribution in [-0.2, 0) is 25.0 Å². The first-order chi connectivity index (χ1) is 21.7. The zero-order valence-electron chi connectivity index (χ0n) is 24.5. The molecule has 1 unspecified atom stereocenters. The predicted octanol–water partition coefficient (Wildman–Crippen LogP) is 6.89. The molecule has 0 saturated carbocycles. The third kappa shape index (κ3) is 6.14. The molecular weight excluding hydrogens is 608 g/mol. The molecule has 1 fully saturated rings. The molecule has 1 saturated heterocycles. The van der Waals surface area contributed by atoms with Gasteiger partial charge in [-0.15, -0.1) is 3.89 Å². The number of benzene rings is 3. The molecule has 0 radical (unpaired) electrons. The summed E-state index contributed by atoms with van der Waals surface area (Å²) in [6.45, 7) is 0.00292. The number of halogens is 4. The van der Waals surface area contributed by atoms with E-state index in [1.807, 2.05) is 30.3 Å². The van der Waals surface area contributed by atoms with E-state index in [0.717, 1.165) is 5.56 Å². The van der Waals surface area contributed by atoms with Gasteiger partial charge in [-0.05, 0) is 35.9 Å². The number of carbonyl (C=O) groups is 1. The summed E-state index contributed by atoms with van der Waals surface area (Å²) in [6.07, 6.45) is 1.69. The number of anilines is 2. The summed E-state index contributed by atoms with van der Waals surface area (Å²) in [5.74, 6) is -3.47. The van der Waals surface area contributed by atoms with Crippen molar-refractivity contribution in [3.8, 4) is 0 Å². The molecule has 5 aromatic rings. The summed E-state index contributed by atoms with van der Waals surface area (Å²) >= 11 is 0.0246. The Bertz CT molecular complexity index is 1830. The van der Waals surface area contributed by atoms with Crippen molar-refractivity contribution in [1.82, 2.24) is 18.7 Å². The minimum absolute atomic E-state index is 0.0246. The lowest BCUT2D eigenvalue weighted by atomic mass is 9.94. The summed E-state index contributed by atoms with van der Waals surface area (Å²) in [5, 5.41) is 4.44. The Balaban J connectivity index is 1.43. The van der Waals surface area contributed by atoms with Crippen molar-refractivity contribution in [3.05, 3.63) is 107 Å². The lowest BCUT2D eigenvalue weighted by molar-refractivity contribution is 0.0257. The summed E-state index contributed by atoms with van der Waals surface area (Å²) in [7, 11) is 3.44. The van der Waals surface area contributed by atoms with Crippen LogP contribution in [0.15, 0.2) is 73.1 Å². The van der Waals surface area contributed by atoms with Crippen LogP contribution in [-0.4, -0.2) is 51.1 Å². The smallest absolute Gasteiger partial charge is 0.266 e. The topological polar surface area (TPSA) is 68.4 Å². The SMILES string of the molecule is CN(c1ccc2c(c1)ncn2SF)C(c1ccc(N2CCC(F)(F)C2)cc1F)c1c(C=O)nn(C)c1COCc1ccccc1. The molecule has 1 atom stereocenters. The minimum atomic E-state index is -2.84. The first kappa shape index (κ1) is 30.7. The zero-order chi connectivity index (χ0) is 31.7. The molecule has 0 bridgehead atoms. The Hall–Kier alpha value is -4.36. The van der Waals surface area contributed by atoms with Crippen molar-refractivity contribution >= 4 is 41.0 Å². The number of ether oxygens (including phenoxy) is 1. The van der Waals surface area contributed by atoms with E-state index in [0.29, 0.717) is 46.6 Å². The van der Waals surface area contributed by atoms with Crippen LogP contribution in [0.5, 0.6) is 0 Å².